The van der Waals surface area contributed by atoms with Crippen LogP contribution in [0, 0.1) is 13.8 Å². The molecule has 124 valence electrons. The Morgan fingerprint density at radius 1 is 1.35 bits per heavy atom. The molecule has 23 heavy (non-hydrogen) atoms. The van der Waals surface area contributed by atoms with E-state index in [1.54, 1.807) is 0 Å². The Balaban J connectivity index is 1.68. The standard InChI is InChI=1S/C18H22ClNO3/c1-11-9-14-12(2)16(23-17(14)15(19)10-11)18(21)20-7-6-13-5-3-4-8-22-13/h9-10,13H,3-8H2,1-2H3,(H,20,21)/t13-/m1/s1. The van der Waals surface area contributed by atoms with Gasteiger partial charge in [0, 0.05) is 24.1 Å². The van der Waals surface area contributed by atoms with Gasteiger partial charge in [-0.05, 0) is 57.2 Å². The summed E-state index contributed by atoms with van der Waals surface area (Å²) in [6, 6.07) is 3.83. The molecule has 3 rings (SSSR count). The molecule has 1 aliphatic heterocycles. The highest BCUT2D eigenvalue weighted by Gasteiger charge is 2.20. The fraction of sp³-hybridized carbons (Fsp3) is 0.500. The summed E-state index contributed by atoms with van der Waals surface area (Å²) >= 11 is 6.22. The molecular formula is C18H22ClNO3. The minimum atomic E-state index is -0.191. The molecule has 1 amide bonds. The molecule has 0 unspecified atom stereocenters. The molecule has 5 heteroatoms. The maximum Gasteiger partial charge on any atom is 0.287 e. The first-order valence-corrected chi connectivity index (χ1v) is 8.53. The van der Waals surface area contributed by atoms with Crippen molar-refractivity contribution in [3.63, 3.8) is 0 Å². The van der Waals surface area contributed by atoms with E-state index in [0.717, 1.165) is 42.4 Å². The number of nitrogens with one attached hydrogen (secondary N) is 1. The van der Waals surface area contributed by atoms with Gasteiger partial charge in [-0.3, -0.25) is 4.79 Å². The number of rotatable bonds is 4. The first-order chi connectivity index (χ1) is 11.1. The highest BCUT2D eigenvalue weighted by molar-refractivity contribution is 6.35. The van der Waals surface area contributed by atoms with Crippen molar-refractivity contribution in [3.8, 4) is 0 Å². The third-order valence-electron chi connectivity index (χ3n) is 4.37. The Morgan fingerprint density at radius 3 is 2.91 bits per heavy atom. The van der Waals surface area contributed by atoms with Crippen LogP contribution in [0.2, 0.25) is 5.02 Å². The summed E-state index contributed by atoms with van der Waals surface area (Å²) in [5.74, 6) is 0.153. The molecular weight excluding hydrogens is 314 g/mol. The first kappa shape index (κ1) is 16.3. The minimum Gasteiger partial charge on any atom is -0.449 e. The first-order valence-electron chi connectivity index (χ1n) is 8.15. The van der Waals surface area contributed by atoms with Crippen molar-refractivity contribution < 1.29 is 13.9 Å². The molecule has 0 saturated carbocycles. The summed E-state index contributed by atoms with van der Waals surface area (Å²) in [6.45, 7) is 5.29. The molecule has 1 aliphatic rings. The van der Waals surface area contributed by atoms with E-state index in [4.69, 9.17) is 20.8 Å². The predicted molar refractivity (Wildman–Crippen MR) is 91.2 cm³/mol. The van der Waals surface area contributed by atoms with E-state index in [1.807, 2.05) is 26.0 Å². The largest absolute Gasteiger partial charge is 0.449 e. The lowest BCUT2D eigenvalue weighted by molar-refractivity contribution is 0.0116. The quantitative estimate of drug-likeness (QED) is 0.901. The average molecular weight is 336 g/mol. The molecule has 1 fully saturated rings. The second-order valence-electron chi connectivity index (χ2n) is 6.21. The van der Waals surface area contributed by atoms with E-state index in [0.29, 0.717) is 22.9 Å². The van der Waals surface area contributed by atoms with Crippen LogP contribution in [0.4, 0.5) is 0 Å². The molecule has 2 heterocycles. The van der Waals surface area contributed by atoms with Gasteiger partial charge in [0.25, 0.3) is 5.91 Å². The number of amides is 1. The number of carbonyl (C=O) groups excluding carboxylic acids is 1. The zero-order valence-corrected chi connectivity index (χ0v) is 14.3. The summed E-state index contributed by atoms with van der Waals surface area (Å²) in [5, 5.41) is 4.36. The van der Waals surface area contributed by atoms with Gasteiger partial charge < -0.3 is 14.5 Å². The van der Waals surface area contributed by atoms with Gasteiger partial charge in [-0.15, -0.1) is 0 Å². The second-order valence-corrected chi connectivity index (χ2v) is 6.62. The maximum atomic E-state index is 12.4. The maximum absolute atomic E-state index is 12.4. The summed E-state index contributed by atoms with van der Waals surface area (Å²) in [5.41, 5.74) is 2.46. The zero-order valence-electron chi connectivity index (χ0n) is 13.6. The highest BCUT2D eigenvalue weighted by atomic mass is 35.5. The monoisotopic (exact) mass is 335 g/mol. The van der Waals surface area contributed by atoms with Gasteiger partial charge in [0.05, 0.1) is 11.1 Å². The number of hydrogen-bond donors (Lipinski definition) is 1. The van der Waals surface area contributed by atoms with Gasteiger partial charge >= 0.3 is 0 Å². The van der Waals surface area contributed by atoms with Crippen molar-refractivity contribution in [2.75, 3.05) is 13.2 Å². The number of ether oxygens (including phenoxy) is 1. The smallest absolute Gasteiger partial charge is 0.287 e. The number of carbonyl (C=O) groups is 1. The molecule has 4 nitrogen and oxygen atoms in total. The molecule has 2 aromatic rings. The van der Waals surface area contributed by atoms with Crippen LogP contribution < -0.4 is 5.32 Å². The predicted octanol–water partition coefficient (Wildman–Crippen LogP) is 4.39. The lowest BCUT2D eigenvalue weighted by Gasteiger charge is -2.22. The molecule has 1 saturated heterocycles. The Labute approximate surface area is 141 Å². The summed E-state index contributed by atoms with van der Waals surface area (Å²) < 4.78 is 11.4. The average Bonchev–Trinajstić information content (AvgIpc) is 2.86. The van der Waals surface area contributed by atoms with Crippen LogP contribution in [0.15, 0.2) is 16.5 Å². The molecule has 0 radical (unpaired) electrons. The van der Waals surface area contributed by atoms with Crippen LogP contribution in [-0.4, -0.2) is 25.2 Å². The van der Waals surface area contributed by atoms with Gasteiger partial charge in [0.2, 0.25) is 0 Å². The molecule has 0 aliphatic carbocycles. The number of hydrogen-bond acceptors (Lipinski definition) is 3. The molecule has 0 bridgehead atoms. The van der Waals surface area contributed by atoms with Crippen LogP contribution in [-0.2, 0) is 4.74 Å². The van der Waals surface area contributed by atoms with Crippen molar-refractivity contribution in [2.24, 2.45) is 0 Å². The normalized spacial score (nSPS) is 18.3. The summed E-state index contributed by atoms with van der Waals surface area (Å²) in [4.78, 5) is 12.4. The van der Waals surface area contributed by atoms with Gasteiger partial charge in [-0.1, -0.05) is 11.6 Å². The number of benzene rings is 1. The Hall–Kier alpha value is -1.52. The van der Waals surface area contributed by atoms with Crippen LogP contribution in [0.5, 0.6) is 0 Å². The Morgan fingerprint density at radius 2 is 2.17 bits per heavy atom. The van der Waals surface area contributed by atoms with Crippen molar-refractivity contribution in [2.45, 2.75) is 45.6 Å². The topological polar surface area (TPSA) is 51.5 Å². The van der Waals surface area contributed by atoms with E-state index >= 15 is 0 Å². The zero-order chi connectivity index (χ0) is 16.4. The van der Waals surface area contributed by atoms with Crippen molar-refractivity contribution in [1.29, 1.82) is 0 Å². The van der Waals surface area contributed by atoms with E-state index in [-0.39, 0.29) is 12.0 Å². The van der Waals surface area contributed by atoms with Crippen LogP contribution in [0.1, 0.15) is 47.4 Å². The molecule has 1 aromatic heterocycles. The van der Waals surface area contributed by atoms with Crippen molar-refractivity contribution in [3.05, 3.63) is 34.0 Å². The molecule has 1 N–H and O–H groups in total. The van der Waals surface area contributed by atoms with E-state index < -0.39 is 0 Å². The van der Waals surface area contributed by atoms with E-state index in [2.05, 4.69) is 5.32 Å². The van der Waals surface area contributed by atoms with E-state index in [1.165, 1.54) is 6.42 Å². The lowest BCUT2D eigenvalue weighted by Crippen LogP contribution is -2.29. The molecule has 1 atom stereocenters. The third kappa shape index (κ3) is 3.54. The van der Waals surface area contributed by atoms with Crippen molar-refractivity contribution in [1.82, 2.24) is 5.32 Å². The van der Waals surface area contributed by atoms with Gasteiger partial charge in [-0.25, -0.2) is 0 Å². The fourth-order valence-corrected chi connectivity index (χ4v) is 3.40. The SMILES string of the molecule is Cc1cc(Cl)c2oc(C(=O)NCC[C@H]3CCCCO3)c(C)c2c1. The van der Waals surface area contributed by atoms with E-state index in [9.17, 15) is 4.79 Å². The summed E-state index contributed by atoms with van der Waals surface area (Å²) in [6.07, 6.45) is 4.53. The second kappa shape index (κ2) is 6.93. The molecule has 1 aromatic carbocycles. The number of fused-ring (bicyclic) bond motifs is 1. The highest BCUT2D eigenvalue weighted by Crippen LogP contribution is 2.32. The Bertz CT molecular complexity index is 717. The minimum absolute atomic E-state index is 0.191. The van der Waals surface area contributed by atoms with Crippen LogP contribution in [0.25, 0.3) is 11.0 Å². The van der Waals surface area contributed by atoms with Crippen molar-refractivity contribution >= 4 is 28.5 Å². The van der Waals surface area contributed by atoms with Crippen LogP contribution in [0.3, 0.4) is 0 Å². The third-order valence-corrected chi connectivity index (χ3v) is 4.65. The molecule has 0 spiro atoms. The van der Waals surface area contributed by atoms with Gasteiger partial charge in [0.1, 0.15) is 0 Å². The Kier molecular flexibility index (Phi) is 4.93. The van der Waals surface area contributed by atoms with Crippen LogP contribution >= 0.6 is 11.6 Å². The lowest BCUT2D eigenvalue weighted by atomic mass is 10.1. The number of furan rings is 1. The summed E-state index contributed by atoms with van der Waals surface area (Å²) in [7, 11) is 0. The number of halogens is 1. The number of aryl methyl sites for hydroxylation is 2. The fourth-order valence-electron chi connectivity index (χ4n) is 3.09. The van der Waals surface area contributed by atoms with Gasteiger partial charge in [0.15, 0.2) is 11.3 Å². The van der Waals surface area contributed by atoms with Gasteiger partial charge in [-0.2, -0.15) is 0 Å².